The van der Waals surface area contributed by atoms with E-state index in [4.69, 9.17) is 9.84 Å². The van der Waals surface area contributed by atoms with E-state index in [1.165, 1.54) is 32.1 Å². The molecule has 0 saturated carbocycles. The van der Waals surface area contributed by atoms with Crippen molar-refractivity contribution in [3.63, 3.8) is 0 Å². The van der Waals surface area contributed by atoms with Gasteiger partial charge in [-0.05, 0) is 20.3 Å². The maximum absolute atomic E-state index is 11.7. The molecule has 4 nitrogen and oxygen atoms in total. The second-order valence-corrected chi connectivity index (χ2v) is 5.26. The highest BCUT2D eigenvalue weighted by atomic mass is 16.5. The molecule has 0 aromatic heterocycles. The highest BCUT2D eigenvalue weighted by Crippen LogP contribution is 2.25. The lowest BCUT2D eigenvalue weighted by Gasteiger charge is -2.22. The molecule has 4 heteroatoms. The third-order valence-electron chi connectivity index (χ3n) is 3.03. The molecule has 0 saturated heterocycles. The van der Waals surface area contributed by atoms with Gasteiger partial charge in [-0.15, -0.1) is 0 Å². The van der Waals surface area contributed by atoms with Gasteiger partial charge in [0.05, 0.1) is 12.0 Å². The minimum atomic E-state index is -0.417. The van der Waals surface area contributed by atoms with Crippen LogP contribution in [0.5, 0.6) is 0 Å². The molecular formula is C14H31NO3. The van der Waals surface area contributed by atoms with Crippen LogP contribution in [-0.4, -0.2) is 24.3 Å². The molecule has 0 bridgehead atoms. The number of aliphatic hydroxyl groups is 1. The van der Waals surface area contributed by atoms with Crippen molar-refractivity contribution in [3.8, 4) is 0 Å². The SMILES string of the molecule is CCCCCCCCC(C)(C)C(=O)OCCO.N. The molecule has 0 amide bonds. The number of hydrogen-bond donors (Lipinski definition) is 2. The largest absolute Gasteiger partial charge is 0.463 e. The normalized spacial score (nSPS) is 10.9. The number of unbranched alkanes of at least 4 members (excludes halogenated alkanes) is 5. The van der Waals surface area contributed by atoms with Crippen LogP contribution in [0, 0.1) is 5.41 Å². The number of esters is 1. The summed E-state index contributed by atoms with van der Waals surface area (Å²) < 4.78 is 4.96. The summed E-state index contributed by atoms with van der Waals surface area (Å²) in [4.78, 5) is 11.7. The first-order valence-electron chi connectivity index (χ1n) is 6.82. The van der Waals surface area contributed by atoms with Gasteiger partial charge in [0, 0.05) is 0 Å². The Morgan fingerprint density at radius 3 is 2.22 bits per heavy atom. The minimum Gasteiger partial charge on any atom is -0.463 e. The van der Waals surface area contributed by atoms with E-state index in [2.05, 4.69) is 6.92 Å². The van der Waals surface area contributed by atoms with Crippen LogP contribution < -0.4 is 6.15 Å². The second-order valence-electron chi connectivity index (χ2n) is 5.26. The smallest absolute Gasteiger partial charge is 0.311 e. The third kappa shape index (κ3) is 9.42. The maximum Gasteiger partial charge on any atom is 0.311 e. The van der Waals surface area contributed by atoms with E-state index in [1.54, 1.807) is 0 Å². The Labute approximate surface area is 112 Å². The van der Waals surface area contributed by atoms with E-state index in [-0.39, 0.29) is 25.3 Å². The molecule has 0 aliphatic heterocycles. The fourth-order valence-corrected chi connectivity index (χ4v) is 1.78. The number of carbonyl (C=O) groups excluding carboxylic acids is 1. The van der Waals surface area contributed by atoms with Crippen LogP contribution in [0.3, 0.4) is 0 Å². The molecule has 0 rings (SSSR count). The Balaban J connectivity index is 0. The molecule has 0 atom stereocenters. The molecule has 0 fully saturated rings. The predicted molar refractivity (Wildman–Crippen MR) is 74.8 cm³/mol. The van der Waals surface area contributed by atoms with Crippen molar-refractivity contribution in [2.75, 3.05) is 13.2 Å². The monoisotopic (exact) mass is 261 g/mol. The summed E-state index contributed by atoms with van der Waals surface area (Å²) in [5.74, 6) is -0.194. The topological polar surface area (TPSA) is 81.5 Å². The lowest BCUT2D eigenvalue weighted by Crippen LogP contribution is -2.27. The Morgan fingerprint density at radius 1 is 1.11 bits per heavy atom. The first kappa shape index (κ1) is 19.7. The summed E-state index contributed by atoms with van der Waals surface area (Å²) in [6.45, 7) is 6.05. The predicted octanol–water partition coefficient (Wildman–Crippen LogP) is 3.46. The van der Waals surface area contributed by atoms with Gasteiger partial charge < -0.3 is 16.0 Å². The summed E-state index contributed by atoms with van der Waals surface area (Å²) in [7, 11) is 0. The van der Waals surface area contributed by atoms with Crippen LogP contribution in [0.25, 0.3) is 0 Å². The first-order chi connectivity index (χ1) is 8.04. The van der Waals surface area contributed by atoms with Gasteiger partial charge >= 0.3 is 5.97 Å². The van der Waals surface area contributed by atoms with Crippen LogP contribution in [-0.2, 0) is 9.53 Å². The van der Waals surface area contributed by atoms with Crippen LogP contribution in [0.15, 0.2) is 0 Å². The average molecular weight is 261 g/mol. The third-order valence-corrected chi connectivity index (χ3v) is 3.03. The first-order valence-corrected chi connectivity index (χ1v) is 6.82. The van der Waals surface area contributed by atoms with Gasteiger partial charge in [-0.1, -0.05) is 45.4 Å². The number of rotatable bonds is 10. The number of hydrogen-bond acceptors (Lipinski definition) is 4. The quantitative estimate of drug-likeness (QED) is 0.466. The van der Waals surface area contributed by atoms with Crippen LogP contribution >= 0.6 is 0 Å². The molecule has 0 aromatic rings. The van der Waals surface area contributed by atoms with E-state index in [0.717, 1.165) is 12.8 Å². The van der Waals surface area contributed by atoms with E-state index in [9.17, 15) is 4.79 Å². The molecule has 4 N–H and O–H groups in total. The fourth-order valence-electron chi connectivity index (χ4n) is 1.78. The highest BCUT2D eigenvalue weighted by Gasteiger charge is 2.28. The van der Waals surface area contributed by atoms with Crippen molar-refractivity contribution in [3.05, 3.63) is 0 Å². The Hall–Kier alpha value is -0.610. The van der Waals surface area contributed by atoms with Crippen molar-refractivity contribution < 1.29 is 14.6 Å². The van der Waals surface area contributed by atoms with Crippen LogP contribution in [0.2, 0.25) is 0 Å². The van der Waals surface area contributed by atoms with Crippen LogP contribution in [0.1, 0.15) is 65.7 Å². The number of carbonyl (C=O) groups is 1. The van der Waals surface area contributed by atoms with Gasteiger partial charge in [-0.2, -0.15) is 0 Å². The number of aliphatic hydroxyl groups excluding tert-OH is 1. The van der Waals surface area contributed by atoms with Gasteiger partial charge in [-0.25, -0.2) is 0 Å². The maximum atomic E-state index is 11.7. The van der Waals surface area contributed by atoms with Crippen LogP contribution in [0.4, 0.5) is 0 Å². The molecule has 18 heavy (non-hydrogen) atoms. The number of ether oxygens (including phenoxy) is 1. The average Bonchev–Trinajstić information content (AvgIpc) is 2.30. The van der Waals surface area contributed by atoms with E-state index in [0.29, 0.717) is 0 Å². The lowest BCUT2D eigenvalue weighted by atomic mass is 9.87. The zero-order valence-electron chi connectivity index (χ0n) is 12.3. The van der Waals surface area contributed by atoms with Crippen molar-refractivity contribution in [1.82, 2.24) is 6.15 Å². The van der Waals surface area contributed by atoms with Gasteiger partial charge in [0.2, 0.25) is 0 Å². The molecule has 0 aliphatic carbocycles. The lowest BCUT2D eigenvalue weighted by molar-refractivity contribution is -0.155. The van der Waals surface area contributed by atoms with Gasteiger partial charge in [0.25, 0.3) is 0 Å². The van der Waals surface area contributed by atoms with Crippen molar-refractivity contribution in [2.24, 2.45) is 5.41 Å². The fraction of sp³-hybridized carbons (Fsp3) is 0.929. The molecule has 0 unspecified atom stereocenters. The Kier molecular flexibility index (Phi) is 12.6. The zero-order chi connectivity index (χ0) is 13.1. The standard InChI is InChI=1S/C14H28O3.H3N/c1-4-5-6-7-8-9-10-14(2,3)13(16)17-12-11-15;/h15H,4-12H2,1-3H3;1H3. The second kappa shape index (κ2) is 11.5. The molecule has 0 heterocycles. The molecule has 110 valence electrons. The van der Waals surface area contributed by atoms with Gasteiger partial charge in [-0.3, -0.25) is 4.79 Å². The Bertz CT molecular complexity index is 205. The summed E-state index contributed by atoms with van der Waals surface area (Å²) in [5.41, 5.74) is -0.417. The summed E-state index contributed by atoms with van der Waals surface area (Å²) in [5, 5.41) is 8.60. The molecule has 0 aliphatic rings. The highest BCUT2D eigenvalue weighted by molar-refractivity contribution is 5.75. The van der Waals surface area contributed by atoms with E-state index in [1.807, 2.05) is 13.8 Å². The Morgan fingerprint density at radius 2 is 1.67 bits per heavy atom. The van der Waals surface area contributed by atoms with E-state index < -0.39 is 5.41 Å². The van der Waals surface area contributed by atoms with Crippen molar-refractivity contribution >= 4 is 5.97 Å². The summed E-state index contributed by atoms with van der Waals surface area (Å²) >= 11 is 0. The van der Waals surface area contributed by atoms with Crippen molar-refractivity contribution in [2.45, 2.75) is 65.7 Å². The zero-order valence-corrected chi connectivity index (χ0v) is 12.3. The van der Waals surface area contributed by atoms with Gasteiger partial charge in [0.15, 0.2) is 0 Å². The summed E-state index contributed by atoms with van der Waals surface area (Å²) in [6, 6.07) is 0. The summed E-state index contributed by atoms with van der Waals surface area (Å²) in [6.07, 6.45) is 8.26. The minimum absolute atomic E-state index is 0. The molecule has 0 aromatic carbocycles. The van der Waals surface area contributed by atoms with Gasteiger partial charge in [0.1, 0.15) is 6.61 Å². The van der Waals surface area contributed by atoms with E-state index >= 15 is 0 Å². The molecular weight excluding hydrogens is 230 g/mol. The molecule has 0 spiro atoms. The molecule has 0 radical (unpaired) electrons. The van der Waals surface area contributed by atoms with Crippen molar-refractivity contribution in [1.29, 1.82) is 0 Å².